The minimum atomic E-state index is -1.46. The van der Waals surface area contributed by atoms with Gasteiger partial charge < -0.3 is 57.6 Å². The van der Waals surface area contributed by atoms with Crippen LogP contribution >= 0.6 is 68.0 Å². The minimum absolute atomic E-state index is 0.0319. The molecule has 0 saturated carbocycles. The number of nitrogens with zero attached hydrogens (tertiary/aromatic N) is 8. The summed E-state index contributed by atoms with van der Waals surface area (Å²) in [7, 11) is 0. The maximum absolute atomic E-state index is 15.2. The molecule has 2 aromatic carbocycles. The highest BCUT2D eigenvalue weighted by molar-refractivity contribution is 7.15. The molecule has 11 N–H and O–H groups in total. The minimum Gasteiger partial charge on any atom is -0.508 e. The normalized spacial score (nSPS) is 15.8. The van der Waals surface area contributed by atoms with Crippen LogP contribution in [0.15, 0.2) is 124 Å². The van der Waals surface area contributed by atoms with Gasteiger partial charge in [-0.15, -0.1) is 68.0 Å². The first kappa shape index (κ1) is 64.3. The SMILES string of the molecule is C=C(NC(=O)C(=C)NC(=O)c1csc(-c2ccc(-c3nccs3)c(-c3csc(-c4csc(C5C(C)CC(O)N5C(=O)C(Cc5ccc(O)cc5)NC(=O)c5csc(C(NC(=O)c6nc(C(CC(N)=O)NC=O)sc6C)C(O)c6ccccc6)n5)n4)n3)n2)n1)C(=O)O. The number of thiazole rings is 6. The molecule has 10 rings (SSSR count). The number of carboxylic acids is 1. The smallest absolute Gasteiger partial charge is 0.351 e. The molecule has 0 aliphatic carbocycles. The number of phenols is 1. The number of aryl methyl sites for hydroxylation is 1. The number of nitrogens with one attached hydrogen (secondary N) is 5. The van der Waals surface area contributed by atoms with Crippen molar-refractivity contribution < 1.29 is 58.8 Å². The van der Waals surface area contributed by atoms with E-state index >= 15 is 4.79 Å². The number of pyridine rings is 1. The molecule has 466 valence electrons. The highest BCUT2D eigenvalue weighted by Gasteiger charge is 2.46. The van der Waals surface area contributed by atoms with Crippen LogP contribution in [0.4, 0.5) is 0 Å². The lowest BCUT2D eigenvalue weighted by Crippen LogP contribution is -2.52. The van der Waals surface area contributed by atoms with E-state index in [2.05, 4.69) is 54.4 Å². The van der Waals surface area contributed by atoms with Gasteiger partial charge in [0.25, 0.3) is 23.6 Å². The lowest BCUT2D eigenvalue weighted by atomic mass is 10.0. The standard InChI is InChI=1S/C59H52N14O12S6/c1-26-18-42(77)73(46(26)57-70-40(24-90-57)54-67-37(21-87-54)44-33(52-61-16-17-86-52)14-15-34(65-44)53-68-38(22-88-53)49(80)63-27(2)48(79)64-28(3)59(84)85)58(83)36(19-30-10-12-32(75)13-11-30)66-50(81)39-23-89-56(69-39)45(47(78)31-8-6-5-7-9-31)71-51(82)43-29(4)91-55(72-43)35(62-25-74)20-41(60)76/h5-17,21-26,35-36,42,45-47,75,77-78H,2-3,18-20H2,1,4H3,(H2,60,76)(H,62,74)(H,63,80)(H,64,79)(H,66,81)(H,71,82)(H,84,85). The number of nitrogens with two attached hydrogens (primary N) is 1. The average Bonchev–Trinajstić information content (AvgIpc) is 1.86. The summed E-state index contributed by atoms with van der Waals surface area (Å²) in [6, 6.07) is 13.8. The van der Waals surface area contributed by atoms with Gasteiger partial charge in [0.2, 0.25) is 18.2 Å². The Labute approximate surface area is 540 Å². The Hall–Kier alpha value is -9.67. The number of carboxylic acid groups (broad SMARTS) is 1. The first-order valence-electron chi connectivity index (χ1n) is 27.2. The molecule has 1 aliphatic heterocycles. The van der Waals surface area contributed by atoms with E-state index in [0.717, 1.165) is 34.0 Å². The van der Waals surface area contributed by atoms with E-state index in [-0.39, 0.29) is 58.0 Å². The second-order valence-corrected chi connectivity index (χ2v) is 26.0. The van der Waals surface area contributed by atoms with Gasteiger partial charge in [0.05, 0.1) is 29.9 Å². The third-order valence-electron chi connectivity index (χ3n) is 14.1. The highest BCUT2D eigenvalue weighted by atomic mass is 32.1. The Kier molecular flexibility index (Phi) is 19.8. The van der Waals surface area contributed by atoms with Crippen molar-refractivity contribution in [2.75, 3.05) is 0 Å². The van der Waals surface area contributed by atoms with Gasteiger partial charge in [0.1, 0.15) is 100 Å². The monoisotopic (exact) mass is 1340 g/mol. The van der Waals surface area contributed by atoms with Crippen molar-refractivity contribution in [2.24, 2.45) is 11.7 Å². The Morgan fingerprint density at radius 3 is 2.19 bits per heavy atom. The average molecular weight is 1340 g/mol. The summed E-state index contributed by atoms with van der Waals surface area (Å²) < 4.78 is 0. The molecule has 0 bridgehead atoms. The zero-order valence-electron chi connectivity index (χ0n) is 47.6. The van der Waals surface area contributed by atoms with Gasteiger partial charge in [-0.1, -0.05) is 62.5 Å². The summed E-state index contributed by atoms with van der Waals surface area (Å²) in [5, 5.41) is 65.9. The van der Waals surface area contributed by atoms with Crippen LogP contribution in [0.1, 0.15) is 106 Å². The lowest BCUT2D eigenvalue weighted by molar-refractivity contribution is -0.143. The molecule has 1 fully saturated rings. The zero-order valence-corrected chi connectivity index (χ0v) is 52.5. The van der Waals surface area contributed by atoms with Gasteiger partial charge in [-0.3, -0.25) is 33.6 Å². The van der Waals surface area contributed by atoms with Gasteiger partial charge in [-0.05, 0) is 54.7 Å². The maximum atomic E-state index is 15.2. The second-order valence-electron chi connectivity index (χ2n) is 20.4. The van der Waals surface area contributed by atoms with Crippen LogP contribution in [0.25, 0.3) is 43.4 Å². The molecule has 1 aliphatic rings. The number of primary amides is 1. The third-order valence-corrected chi connectivity index (χ3v) is 19.5. The number of phenolic OH excluding ortho intramolecular Hbond substituents is 1. The third kappa shape index (κ3) is 14.7. The Morgan fingerprint density at radius 2 is 1.47 bits per heavy atom. The summed E-state index contributed by atoms with van der Waals surface area (Å²) in [5.41, 5.74) is 7.43. The van der Waals surface area contributed by atoms with Gasteiger partial charge >= 0.3 is 5.97 Å². The fraction of sp³-hybridized carbons (Fsp3) is 0.203. The van der Waals surface area contributed by atoms with Gasteiger partial charge in [0, 0.05) is 50.0 Å². The number of aliphatic hydroxyl groups excluding tert-OH is 2. The predicted molar refractivity (Wildman–Crippen MR) is 339 cm³/mol. The number of aromatic nitrogens is 7. The van der Waals surface area contributed by atoms with Crippen molar-refractivity contribution in [2.45, 2.75) is 69.6 Å². The van der Waals surface area contributed by atoms with Crippen molar-refractivity contribution in [3.63, 3.8) is 0 Å². The number of carbonyl (C=O) groups excluding carboxylic acids is 7. The summed E-state index contributed by atoms with van der Waals surface area (Å²) in [5.74, 6) is -6.48. The first-order valence-corrected chi connectivity index (χ1v) is 32.4. The topological polar surface area (TPSA) is 397 Å². The molecular weight excluding hydrogens is 1290 g/mol. The van der Waals surface area contributed by atoms with Crippen LogP contribution in [0, 0.1) is 12.8 Å². The van der Waals surface area contributed by atoms with E-state index in [9.17, 15) is 48.9 Å². The van der Waals surface area contributed by atoms with E-state index in [1.807, 2.05) is 23.7 Å². The molecule has 8 heterocycles. The number of aliphatic carboxylic acids is 1. The number of hydrogen-bond acceptors (Lipinski definition) is 24. The largest absolute Gasteiger partial charge is 0.508 e. The lowest BCUT2D eigenvalue weighted by Gasteiger charge is -2.31. The van der Waals surface area contributed by atoms with E-state index in [1.54, 1.807) is 72.4 Å². The summed E-state index contributed by atoms with van der Waals surface area (Å²) in [6.07, 6.45) is -0.881. The number of likely N-dealkylation sites (tertiary alicyclic amines) is 1. The Bertz CT molecular complexity index is 4260. The van der Waals surface area contributed by atoms with Crippen molar-refractivity contribution in [1.29, 1.82) is 0 Å². The quantitative estimate of drug-likeness (QED) is 0.0213. The maximum Gasteiger partial charge on any atom is 0.351 e. The molecule has 7 amide bonds. The first-order chi connectivity index (χ1) is 43.6. The molecule has 7 atom stereocenters. The number of rotatable bonds is 25. The number of carbonyl (C=O) groups is 8. The molecule has 0 spiro atoms. The number of hydrogen-bond donors (Lipinski definition) is 10. The fourth-order valence-corrected chi connectivity index (χ4v) is 14.8. The van der Waals surface area contributed by atoms with Gasteiger partial charge in [-0.2, -0.15) is 0 Å². The van der Waals surface area contributed by atoms with Crippen molar-refractivity contribution in [3.8, 4) is 49.1 Å². The van der Waals surface area contributed by atoms with Crippen LogP contribution in [0.5, 0.6) is 5.75 Å². The zero-order chi connectivity index (χ0) is 64.8. The Morgan fingerprint density at radius 1 is 0.758 bits per heavy atom. The van der Waals surface area contributed by atoms with E-state index in [0.29, 0.717) is 70.8 Å². The molecule has 1 saturated heterocycles. The molecule has 7 unspecified atom stereocenters. The van der Waals surface area contributed by atoms with E-state index in [1.165, 1.54) is 61.8 Å². The van der Waals surface area contributed by atoms with Gasteiger partial charge in [0.15, 0.2) is 0 Å². The van der Waals surface area contributed by atoms with Crippen molar-refractivity contribution in [1.82, 2.24) is 66.4 Å². The number of aliphatic hydroxyl groups is 2. The van der Waals surface area contributed by atoms with E-state index < -0.39 is 89.3 Å². The summed E-state index contributed by atoms with van der Waals surface area (Å²) in [6.45, 7) is 10.2. The van der Waals surface area contributed by atoms with Crippen LogP contribution in [0.2, 0.25) is 0 Å². The molecule has 32 heteroatoms. The predicted octanol–water partition coefficient (Wildman–Crippen LogP) is 6.60. The van der Waals surface area contributed by atoms with Crippen molar-refractivity contribution in [3.05, 3.63) is 172 Å². The van der Waals surface area contributed by atoms with Crippen LogP contribution < -0.4 is 32.3 Å². The molecule has 0 radical (unpaired) electrons. The number of benzene rings is 2. The van der Waals surface area contributed by atoms with Crippen LogP contribution in [-0.4, -0.2) is 120 Å². The highest BCUT2D eigenvalue weighted by Crippen LogP contribution is 2.44. The van der Waals surface area contributed by atoms with Crippen LogP contribution in [-0.2, 0) is 30.4 Å². The molecule has 26 nitrogen and oxygen atoms in total. The number of aromatic hydroxyl groups is 1. The molecular formula is C59H52N14O12S6. The van der Waals surface area contributed by atoms with Crippen molar-refractivity contribution >= 4 is 116 Å². The summed E-state index contributed by atoms with van der Waals surface area (Å²) >= 11 is 7.05. The van der Waals surface area contributed by atoms with E-state index in [4.69, 9.17) is 25.8 Å². The number of amides is 7. The van der Waals surface area contributed by atoms with Gasteiger partial charge in [-0.25, -0.2) is 39.7 Å². The Balaban J connectivity index is 0.893. The summed E-state index contributed by atoms with van der Waals surface area (Å²) in [4.78, 5) is 138. The van der Waals surface area contributed by atoms with Crippen LogP contribution in [0.3, 0.4) is 0 Å². The second kappa shape index (κ2) is 28.0. The molecule has 91 heavy (non-hydrogen) atoms. The fourth-order valence-electron chi connectivity index (χ4n) is 9.64. The molecule has 7 aromatic heterocycles. The molecule has 9 aromatic rings.